The summed E-state index contributed by atoms with van der Waals surface area (Å²) < 4.78 is 0. The van der Waals surface area contributed by atoms with Crippen LogP contribution in [0.3, 0.4) is 0 Å². The van der Waals surface area contributed by atoms with E-state index in [1.165, 1.54) is 11.3 Å². The van der Waals surface area contributed by atoms with E-state index in [9.17, 15) is 5.26 Å². The summed E-state index contributed by atoms with van der Waals surface area (Å²) in [6.07, 6.45) is 1.81. The molecular weight excluding hydrogens is 363 g/mol. The van der Waals surface area contributed by atoms with Crippen LogP contribution in [0.1, 0.15) is 22.0 Å². The molecule has 4 nitrogen and oxygen atoms in total. The fourth-order valence-electron chi connectivity index (χ4n) is 2.28. The van der Waals surface area contributed by atoms with E-state index in [0.717, 1.165) is 28.2 Å². The number of hydrogen-bond donors (Lipinski definition) is 1. The Hall–Kier alpha value is -2.13. The first-order valence-corrected chi connectivity index (χ1v) is 8.68. The topological polar surface area (TPSA) is 65.4 Å². The summed E-state index contributed by atoms with van der Waals surface area (Å²) in [7, 11) is 0. The van der Waals surface area contributed by atoms with Crippen molar-refractivity contribution >= 4 is 46.2 Å². The molecule has 0 saturated carbocycles. The number of halogens is 2. The summed E-state index contributed by atoms with van der Waals surface area (Å²) in [5, 5.41) is 20.2. The Kier molecular flexibility index (Phi) is 4.72. The summed E-state index contributed by atoms with van der Waals surface area (Å²) in [4.78, 5) is 4.55. The molecule has 0 aliphatic rings. The molecule has 0 amide bonds. The summed E-state index contributed by atoms with van der Waals surface area (Å²) in [6, 6.07) is 7.48. The molecule has 3 rings (SSSR count). The van der Waals surface area contributed by atoms with E-state index in [-0.39, 0.29) is 0 Å². The van der Waals surface area contributed by atoms with E-state index in [1.54, 1.807) is 18.2 Å². The van der Waals surface area contributed by atoms with Gasteiger partial charge < -0.3 is 0 Å². The van der Waals surface area contributed by atoms with Gasteiger partial charge in [0, 0.05) is 27.2 Å². The van der Waals surface area contributed by atoms with Gasteiger partial charge in [0.05, 0.1) is 22.0 Å². The first kappa shape index (κ1) is 16.7. The highest BCUT2D eigenvalue weighted by atomic mass is 35.5. The minimum Gasteiger partial charge on any atom is -0.282 e. The second kappa shape index (κ2) is 6.78. The van der Waals surface area contributed by atoms with Crippen molar-refractivity contribution in [2.75, 3.05) is 0 Å². The van der Waals surface area contributed by atoms with Crippen molar-refractivity contribution in [3.05, 3.63) is 55.6 Å². The molecule has 7 heteroatoms. The van der Waals surface area contributed by atoms with Crippen molar-refractivity contribution in [1.29, 1.82) is 5.26 Å². The number of nitrogens with zero attached hydrogens (tertiary/aromatic N) is 3. The molecule has 0 aliphatic heterocycles. The Morgan fingerprint density at radius 3 is 2.75 bits per heavy atom. The molecular formula is C17H12Cl2N4S. The molecule has 24 heavy (non-hydrogen) atoms. The van der Waals surface area contributed by atoms with Gasteiger partial charge in [-0.05, 0) is 38.1 Å². The fourth-order valence-corrected chi connectivity index (χ4v) is 3.57. The minimum absolute atomic E-state index is 0.490. The molecule has 1 N–H and O–H groups in total. The Bertz CT molecular complexity index is 959. The molecule has 0 unspecified atom stereocenters. The van der Waals surface area contributed by atoms with Crippen LogP contribution in [-0.4, -0.2) is 15.2 Å². The van der Waals surface area contributed by atoms with Crippen molar-refractivity contribution in [1.82, 2.24) is 15.2 Å². The molecule has 0 aliphatic carbocycles. The third-order valence-electron chi connectivity index (χ3n) is 3.54. The van der Waals surface area contributed by atoms with Crippen LogP contribution in [0.2, 0.25) is 10.0 Å². The third kappa shape index (κ3) is 3.22. The summed E-state index contributed by atoms with van der Waals surface area (Å²) in [5.74, 6) is 0. The van der Waals surface area contributed by atoms with E-state index in [1.807, 2.05) is 25.3 Å². The van der Waals surface area contributed by atoms with Crippen LogP contribution in [-0.2, 0) is 0 Å². The van der Waals surface area contributed by atoms with Crippen LogP contribution in [0, 0.1) is 25.2 Å². The number of thiazole rings is 1. The van der Waals surface area contributed by atoms with E-state index < -0.39 is 0 Å². The van der Waals surface area contributed by atoms with Gasteiger partial charge in [-0.15, -0.1) is 11.3 Å². The van der Waals surface area contributed by atoms with Crippen LogP contribution in [0.15, 0.2) is 23.6 Å². The molecule has 120 valence electrons. The number of nitrogens with one attached hydrogen (secondary N) is 1. The first-order valence-electron chi connectivity index (χ1n) is 7.04. The molecule has 0 bridgehead atoms. The first-order chi connectivity index (χ1) is 11.5. The van der Waals surface area contributed by atoms with Gasteiger partial charge in [0.15, 0.2) is 0 Å². The van der Waals surface area contributed by atoms with Crippen molar-refractivity contribution in [2.24, 2.45) is 0 Å². The lowest BCUT2D eigenvalue weighted by molar-refractivity contribution is 1.02. The summed E-state index contributed by atoms with van der Waals surface area (Å²) in [5.41, 5.74) is 4.67. The van der Waals surface area contributed by atoms with E-state index >= 15 is 0 Å². The molecule has 0 spiro atoms. The average Bonchev–Trinajstić information content (AvgIpc) is 3.14. The van der Waals surface area contributed by atoms with Gasteiger partial charge in [0.2, 0.25) is 0 Å². The number of allylic oxidation sites excluding steroid dienone is 1. The van der Waals surface area contributed by atoms with Crippen LogP contribution in [0.25, 0.3) is 22.9 Å². The number of H-pyrrole nitrogens is 1. The monoisotopic (exact) mass is 374 g/mol. The maximum atomic E-state index is 9.51. The van der Waals surface area contributed by atoms with Crippen LogP contribution >= 0.6 is 34.5 Å². The van der Waals surface area contributed by atoms with Crippen LogP contribution < -0.4 is 0 Å². The lowest BCUT2D eigenvalue weighted by atomic mass is 10.1. The van der Waals surface area contributed by atoms with E-state index in [2.05, 4.69) is 21.3 Å². The van der Waals surface area contributed by atoms with Gasteiger partial charge in [0.25, 0.3) is 0 Å². The highest BCUT2D eigenvalue weighted by Gasteiger charge is 2.13. The van der Waals surface area contributed by atoms with Gasteiger partial charge in [-0.25, -0.2) is 4.98 Å². The van der Waals surface area contributed by atoms with Crippen LogP contribution in [0.4, 0.5) is 0 Å². The second-order valence-electron chi connectivity index (χ2n) is 5.18. The molecule has 0 fully saturated rings. The predicted molar refractivity (Wildman–Crippen MR) is 99.1 cm³/mol. The molecule has 0 saturated heterocycles. The molecule has 0 radical (unpaired) electrons. The van der Waals surface area contributed by atoms with Crippen molar-refractivity contribution in [3.8, 4) is 17.3 Å². The Morgan fingerprint density at radius 2 is 2.12 bits per heavy atom. The van der Waals surface area contributed by atoms with Gasteiger partial charge in [-0.3, -0.25) is 5.10 Å². The standard InChI is InChI=1S/C17H12Cl2N4S/c1-9-14(10(2)23-22-9)5-11(7-20)17-21-16(8-24-17)13-4-3-12(18)6-15(13)19/h3-6,8H,1-2H3,(H,22,23). The number of benzene rings is 1. The quantitative estimate of drug-likeness (QED) is 0.613. The SMILES string of the molecule is Cc1n[nH]c(C)c1C=C(C#N)c1nc(-c2ccc(Cl)cc2Cl)cs1. The zero-order valence-corrected chi connectivity index (χ0v) is 15.2. The zero-order valence-electron chi connectivity index (χ0n) is 12.9. The smallest absolute Gasteiger partial charge is 0.134 e. The Balaban J connectivity index is 2.01. The van der Waals surface area contributed by atoms with Gasteiger partial charge in [0.1, 0.15) is 11.1 Å². The zero-order chi connectivity index (χ0) is 17.3. The number of hydrogen-bond acceptors (Lipinski definition) is 4. The summed E-state index contributed by atoms with van der Waals surface area (Å²) >= 11 is 13.6. The molecule has 0 atom stereocenters. The summed E-state index contributed by atoms with van der Waals surface area (Å²) in [6.45, 7) is 3.81. The predicted octanol–water partition coefficient (Wildman–Crippen LogP) is 5.52. The number of rotatable bonds is 3. The lowest BCUT2D eigenvalue weighted by Gasteiger charge is -2.01. The number of aryl methyl sites for hydroxylation is 2. The minimum atomic E-state index is 0.490. The maximum Gasteiger partial charge on any atom is 0.134 e. The number of aromatic amines is 1. The van der Waals surface area contributed by atoms with Gasteiger partial charge in [-0.1, -0.05) is 23.2 Å². The maximum absolute atomic E-state index is 9.51. The van der Waals surface area contributed by atoms with Crippen molar-refractivity contribution in [3.63, 3.8) is 0 Å². The fraction of sp³-hybridized carbons (Fsp3) is 0.118. The average molecular weight is 375 g/mol. The van der Waals surface area contributed by atoms with Crippen molar-refractivity contribution < 1.29 is 0 Å². The molecule has 1 aromatic carbocycles. The number of aromatic nitrogens is 3. The molecule has 2 heterocycles. The molecule has 2 aromatic heterocycles. The third-order valence-corrected chi connectivity index (χ3v) is 4.96. The Labute approximate surface area is 153 Å². The molecule has 3 aromatic rings. The Morgan fingerprint density at radius 1 is 1.33 bits per heavy atom. The normalized spacial score (nSPS) is 11.5. The van der Waals surface area contributed by atoms with E-state index in [0.29, 0.717) is 20.6 Å². The van der Waals surface area contributed by atoms with Gasteiger partial charge in [-0.2, -0.15) is 10.4 Å². The van der Waals surface area contributed by atoms with E-state index in [4.69, 9.17) is 23.2 Å². The van der Waals surface area contributed by atoms with Crippen LogP contribution in [0.5, 0.6) is 0 Å². The highest BCUT2D eigenvalue weighted by Crippen LogP contribution is 2.33. The van der Waals surface area contributed by atoms with Gasteiger partial charge >= 0.3 is 0 Å². The second-order valence-corrected chi connectivity index (χ2v) is 6.88. The highest BCUT2D eigenvalue weighted by molar-refractivity contribution is 7.11. The lowest BCUT2D eigenvalue weighted by Crippen LogP contribution is -1.85. The largest absolute Gasteiger partial charge is 0.282 e. The van der Waals surface area contributed by atoms with Crippen molar-refractivity contribution in [2.45, 2.75) is 13.8 Å². The number of nitriles is 1.